The van der Waals surface area contributed by atoms with Gasteiger partial charge in [-0.1, -0.05) is 60.5 Å². The van der Waals surface area contributed by atoms with Crippen molar-refractivity contribution in [1.29, 1.82) is 0 Å². The number of rotatable bonds is 9. The number of benzene rings is 2. The maximum Gasteiger partial charge on any atom is 0.259 e. The molecule has 1 N–H and O–H groups in total. The van der Waals surface area contributed by atoms with Gasteiger partial charge in [0.2, 0.25) is 5.91 Å². The van der Waals surface area contributed by atoms with Gasteiger partial charge in [-0.2, -0.15) is 0 Å². The van der Waals surface area contributed by atoms with Gasteiger partial charge in [0.1, 0.15) is 5.75 Å². The van der Waals surface area contributed by atoms with Crippen LogP contribution in [0.4, 0.5) is 0 Å². The zero-order chi connectivity index (χ0) is 21.4. The Morgan fingerprint density at radius 3 is 2.52 bits per heavy atom. The molecule has 0 radical (unpaired) electrons. The molecule has 2 aromatic rings. The molecule has 2 amide bonds. The fourth-order valence-corrected chi connectivity index (χ4v) is 3.24. The van der Waals surface area contributed by atoms with Crippen LogP contribution in [0.5, 0.6) is 5.75 Å². The summed E-state index contributed by atoms with van der Waals surface area (Å²) < 4.78 is 5.71. The average Bonchev–Trinajstić information content (AvgIpc) is 2.71. The predicted octanol–water partition coefficient (Wildman–Crippen LogP) is 4.66. The van der Waals surface area contributed by atoms with Crippen molar-refractivity contribution in [2.24, 2.45) is 0 Å². The third kappa shape index (κ3) is 6.65. The molecule has 2 rings (SSSR count). The molecule has 0 bridgehead atoms. The van der Waals surface area contributed by atoms with E-state index in [1.54, 1.807) is 26.2 Å². The molecule has 1 unspecified atom stereocenters. The van der Waals surface area contributed by atoms with Crippen molar-refractivity contribution in [3.05, 3.63) is 63.6 Å². The number of carbonyl (C=O) groups excluding carboxylic acids is 2. The lowest BCUT2D eigenvalue weighted by Gasteiger charge is -2.21. The molecule has 0 aliphatic rings. The quantitative estimate of drug-likeness (QED) is 0.621. The number of nitrogens with one attached hydrogen (secondary N) is 1. The highest BCUT2D eigenvalue weighted by Gasteiger charge is 2.18. The number of hydrogen-bond donors (Lipinski definition) is 1. The van der Waals surface area contributed by atoms with Gasteiger partial charge in [-0.3, -0.25) is 9.59 Å². The van der Waals surface area contributed by atoms with E-state index in [4.69, 9.17) is 27.9 Å². The van der Waals surface area contributed by atoms with Gasteiger partial charge in [0.15, 0.2) is 6.61 Å². The van der Waals surface area contributed by atoms with Crippen molar-refractivity contribution in [2.45, 2.75) is 32.2 Å². The molecule has 0 saturated heterocycles. The number of likely N-dealkylation sites (N-methyl/N-ethyl adjacent to an activating group) is 1. The standard InChI is InChI=1S/C22H26Cl2N2O3/c1-4-18(16-9-5-6-11-19(16)29-14-21(28)26(2)3)25-20(27)13-12-15-8-7-10-17(23)22(15)24/h5-11,18H,4,12-14H2,1-3H3,(H,25,27). The van der Waals surface area contributed by atoms with Gasteiger partial charge >= 0.3 is 0 Å². The minimum absolute atomic E-state index is 0.0539. The lowest BCUT2D eigenvalue weighted by Crippen LogP contribution is -2.30. The van der Waals surface area contributed by atoms with Gasteiger partial charge in [-0.15, -0.1) is 0 Å². The van der Waals surface area contributed by atoms with Crippen molar-refractivity contribution in [2.75, 3.05) is 20.7 Å². The Morgan fingerprint density at radius 2 is 1.83 bits per heavy atom. The Balaban J connectivity index is 2.03. The summed E-state index contributed by atoms with van der Waals surface area (Å²) in [6.45, 7) is 1.93. The van der Waals surface area contributed by atoms with Crippen LogP contribution in [0.2, 0.25) is 10.0 Å². The van der Waals surface area contributed by atoms with E-state index in [2.05, 4.69) is 5.32 Å². The molecule has 2 aromatic carbocycles. The van der Waals surface area contributed by atoms with Crippen LogP contribution in [0.3, 0.4) is 0 Å². The number of para-hydroxylation sites is 1. The van der Waals surface area contributed by atoms with Gasteiger partial charge in [0.25, 0.3) is 5.91 Å². The number of amides is 2. The van der Waals surface area contributed by atoms with E-state index in [1.807, 2.05) is 37.3 Å². The van der Waals surface area contributed by atoms with Crippen LogP contribution in [0.25, 0.3) is 0 Å². The van der Waals surface area contributed by atoms with Crippen molar-refractivity contribution >= 4 is 35.0 Å². The summed E-state index contributed by atoms with van der Waals surface area (Å²) in [5.41, 5.74) is 1.68. The Kier molecular flexibility index (Phi) is 8.80. The van der Waals surface area contributed by atoms with E-state index < -0.39 is 0 Å². The molecule has 0 saturated carbocycles. The summed E-state index contributed by atoms with van der Waals surface area (Å²) in [4.78, 5) is 25.8. The highest BCUT2D eigenvalue weighted by atomic mass is 35.5. The van der Waals surface area contributed by atoms with Crippen LogP contribution < -0.4 is 10.1 Å². The lowest BCUT2D eigenvalue weighted by molar-refractivity contribution is -0.130. The normalized spacial score (nSPS) is 11.6. The van der Waals surface area contributed by atoms with Crippen molar-refractivity contribution < 1.29 is 14.3 Å². The molecule has 0 aliphatic carbocycles. The highest BCUT2D eigenvalue weighted by molar-refractivity contribution is 6.42. The first-order valence-electron chi connectivity index (χ1n) is 9.47. The second-order valence-corrected chi connectivity index (χ2v) is 7.64. The predicted molar refractivity (Wildman–Crippen MR) is 117 cm³/mol. The first-order valence-corrected chi connectivity index (χ1v) is 10.2. The number of nitrogens with zero attached hydrogens (tertiary/aromatic N) is 1. The summed E-state index contributed by atoms with van der Waals surface area (Å²) in [6, 6.07) is 12.6. The second kappa shape index (κ2) is 11.1. The molecule has 0 heterocycles. The molecule has 0 aromatic heterocycles. The molecule has 0 fully saturated rings. The molecule has 1 atom stereocenters. The number of hydrogen-bond acceptors (Lipinski definition) is 3. The smallest absolute Gasteiger partial charge is 0.259 e. The molecule has 156 valence electrons. The number of aryl methyl sites for hydroxylation is 1. The molecular weight excluding hydrogens is 411 g/mol. The Labute approximate surface area is 181 Å². The number of halogens is 2. The van der Waals surface area contributed by atoms with Crippen LogP contribution in [0.15, 0.2) is 42.5 Å². The summed E-state index contributed by atoms with van der Waals surface area (Å²) in [5, 5.41) is 4.01. The van der Waals surface area contributed by atoms with Crippen molar-refractivity contribution in [3.8, 4) is 5.75 Å². The van der Waals surface area contributed by atoms with Crippen LogP contribution in [0.1, 0.15) is 36.9 Å². The monoisotopic (exact) mass is 436 g/mol. The van der Waals surface area contributed by atoms with Crippen LogP contribution in [-0.4, -0.2) is 37.4 Å². The summed E-state index contributed by atoms with van der Waals surface area (Å²) >= 11 is 12.2. The first kappa shape index (κ1) is 23.0. The molecule has 0 spiro atoms. The zero-order valence-corrected chi connectivity index (χ0v) is 18.4. The van der Waals surface area contributed by atoms with Crippen LogP contribution >= 0.6 is 23.2 Å². The van der Waals surface area contributed by atoms with Gasteiger partial charge in [-0.25, -0.2) is 0 Å². The van der Waals surface area contributed by atoms with E-state index in [1.165, 1.54) is 4.90 Å². The summed E-state index contributed by atoms with van der Waals surface area (Å²) in [6.07, 6.45) is 1.47. The minimum atomic E-state index is -0.219. The SMILES string of the molecule is CCC(NC(=O)CCc1cccc(Cl)c1Cl)c1ccccc1OCC(=O)N(C)C. The van der Waals surface area contributed by atoms with Crippen LogP contribution in [0, 0.1) is 0 Å². The molecule has 5 nitrogen and oxygen atoms in total. The number of carbonyl (C=O) groups is 2. The maximum atomic E-state index is 12.5. The largest absolute Gasteiger partial charge is 0.483 e. The Morgan fingerprint density at radius 1 is 1.10 bits per heavy atom. The maximum absolute atomic E-state index is 12.5. The van der Waals surface area contributed by atoms with Gasteiger partial charge in [-0.05, 0) is 30.5 Å². The van der Waals surface area contributed by atoms with Gasteiger partial charge in [0, 0.05) is 26.1 Å². The van der Waals surface area contributed by atoms with E-state index in [9.17, 15) is 9.59 Å². The molecule has 7 heteroatoms. The average molecular weight is 437 g/mol. The first-order chi connectivity index (χ1) is 13.8. The zero-order valence-electron chi connectivity index (χ0n) is 16.9. The topological polar surface area (TPSA) is 58.6 Å². The Hall–Kier alpha value is -2.24. The van der Waals surface area contributed by atoms with Gasteiger partial charge in [0.05, 0.1) is 16.1 Å². The summed E-state index contributed by atoms with van der Waals surface area (Å²) in [5.74, 6) is 0.370. The van der Waals surface area contributed by atoms with Crippen molar-refractivity contribution in [3.63, 3.8) is 0 Å². The van der Waals surface area contributed by atoms with Gasteiger partial charge < -0.3 is 15.0 Å². The van der Waals surface area contributed by atoms with E-state index in [0.717, 1.165) is 11.1 Å². The fraction of sp³-hybridized carbons (Fsp3) is 0.364. The second-order valence-electron chi connectivity index (χ2n) is 6.86. The highest BCUT2D eigenvalue weighted by Crippen LogP contribution is 2.28. The Bertz CT molecular complexity index is 856. The third-order valence-corrected chi connectivity index (χ3v) is 5.40. The van der Waals surface area contributed by atoms with E-state index in [0.29, 0.717) is 35.1 Å². The van der Waals surface area contributed by atoms with E-state index >= 15 is 0 Å². The van der Waals surface area contributed by atoms with E-state index in [-0.39, 0.29) is 24.5 Å². The lowest BCUT2D eigenvalue weighted by atomic mass is 10.0. The third-order valence-electron chi connectivity index (χ3n) is 4.54. The molecular formula is C22H26Cl2N2O3. The molecule has 29 heavy (non-hydrogen) atoms. The molecule has 0 aliphatic heterocycles. The minimum Gasteiger partial charge on any atom is -0.483 e. The van der Waals surface area contributed by atoms with Crippen LogP contribution in [-0.2, 0) is 16.0 Å². The fourth-order valence-electron chi connectivity index (χ4n) is 2.82. The van der Waals surface area contributed by atoms with Crippen molar-refractivity contribution in [1.82, 2.24) is 10.2 Å². The summed E-state index contributed by atoms with van der Waals surface area (Å²) in [7, 11) is 3.36. The number of ether oxygens (including phenoxy) is 1.